The molecule has 104 valence electrons. The summed E-state index contributed by atoms with van der Waals surface area (Å²) < 4.78 is 0.694. The van der Waals surface area contributed by atoms with Crippen molar-refractivity contribution in [3.8, 4) is 5.75 Å². The number of hydrogen-bond donors (Lipinski definition) is 2. The van der Waals surface area contributed by atoms with Gasteiger partial charge in [-0.1, -0.05) is 12.1 Å². The highest BCUT2D eigenvalue weighted by Crippen LogP contribution is 2.27. The number of nitrogens with one attached hydrogen (secondary N) is 1. The number of likely N-dealkylation sites (tertiary alicyclic amines) is 1. The average molecular weight is 327 g/mol. The van der Waals surface area contributed by atoms with Crippen molar-refractivity contribution in [2.75, 3.05) is 19.6 Å². The number of phenols is 1. The highest BCUT2D eigenvalue weighted by atomic mass is 79.9. The van der Waals surface area contributed by atoms with E-state index in [-0.39, 0.29) is 11.7 Å². The molecule has 1 fully saturated rings. The van der Waals surface area contributed by atoms with E-state index in [0.29, 0.717) is 24.0 Å². The Labute approximate surface area is 121 Å². The van der Waals surface area contributed by atoms with Gasteiger partial charge in [0.1, 0.15) is 5.75 Å². The summed E-state index contributed by atoms with van der Waals surface area (Å²) in [6, 6.07) is 5.56. The molecule has 2 rings (SSSR count). The molecule has 4 nitrogen and oxygen atoms in total. The molecule has 0 atom stereocenters. The number of carbonyl (C=O) groups is 1. The summed E-state index contributed by atoms with van der Waals surface area (Å²) in [5.41, 5.74) is 0.836. The third-order valence-corrected chi connectivity index (χ3v) is 4.00. The van der Waals surface area contributed by atoms with Crippen LogP contribution in [0.5, 0.6) is 5.75 Å². The first kappa shape index (κ1) is 14.3. The second kappa shape index (κ2) is 6.91. The molecule has 1 aliphatic heterocycles. The molecule has 0 radical (unpaired) electrons. The van der Waals surface area contributed by atoms with Gasteiger partial charge in [0, 0.05) is 38.2 Å². The highest BCUT2D eigenvalue weighted by molar-refractivity contribution is 9.10. The predicted molar refractivity (Wildman–Crippen MR) is 77.9 cm³/mol. The van der Waals surface area contributed by atoms with E-state index in [1.165, 1.54) is 0 Å². The molecule has 1 heterocycles. The van der Waals surface area contributed by atoms with Crippen LogP contribution in [0.15, 0.2) is 22.7 Å². The maximum atomic E-state index is 11.8. The van der Waals surface area contributed by atoms with Gasteiger partial charge in [-0.05, 0) is 34.8 Å². The highest BCUT2D eigenvalue weighted by Gasteiger charge is 2.16. The number of benzene rings is 1. The summed E-state index contributed by atoms with van der Waals surface area (Å²) in [7, 11) is 0. The predicted octanol–water partition coefficient (Wildman–Crippen LogP) is 2.26. The minimum absolute atomic E-state index is 0.225. The number of nitrogens with zero attached hydrogens (tertiary/aromatic N) is 1. The van der Waals surface area contributed by atoms with Crippen LogP contribution in [-0.4, -0.2) is 35.5 Å². The van der Waals surface area contributed by atoms with Crippen molar-refractivity contribution in [3.63, 3.8) is 0 Å². The zero-order valence-electron chi connectivity index (χ0n) is 10.9. The first-order valence-electron chi connectivity index (χ1n) is 6.63. The quantitative estimate of drug-likeness (QED) is 0.816. The van der Waals surface area contributed by atoms with E-state index in [4.69, 9.17) is 0 Å². The summed E-state index contributed by atoms with van der Waals surface area (Å²) in [6.07, 6.45) is 2.78. The maximum absolute atomic E-state index is 11.8. The van der Waals surface area contributed by atoms with Gasteiger partial charge in [0.25, 0.3) is 0 Å². The third-order valence-electron chi connectivity index (χ3n) is 3.36. The molecule has 1 aliphatic rings. The van der Waals surface area contributed by atoms with Gasteiger partial charge in [-0.15, -0.1) is 0 Å². The van der Waals surface area contributed by atoms with Gasteiger partial charge in [0.15, 0.2) is 0 Å². The molecular weight excluding hydrogens is 308 g/mol. The van der Waals surface area contributed by atoms with Crippen LogP contribution < -0.4 is 5.32 Å². The van der Waals surface area contributed by atoms with Crippen LogP contribution in [0, 0.1) is 0 Å². The Balaban J connectivity index is 1.71. The van der Waals surface area contributed by atoms with Gasteiger partial charge in [-0.3, -0.25) is 4.79 Å². The van der Waals surface area contributed by atoms with E-state index < -0.39 is 0 Å². The lowest BCUT2D eigenvalue weighted by Gasteiger charge is -2.15. The Bertz CT molecular complexity index is 445. The minimum Gasteiger partial charge on any atom is -0.506 e. The number of para-hydroxylation sites is 1. The first-order valence-corrected chi connectivity index (χ1v) is 7.42. The van der Waals surface area contributed by atoms with Crippen molar-refractivity contribution in [2.24, 2.45) is 0 Å². The van der Waals surface area contributed by atoms with Gasteiger partial charge in [-0.2, -0.15) is 0 Å². The number of carbonyl (C=O) groups excluding carboxylic acids is 1. The van der Waals surface area contributed by atoms with Crippen LogP contribution in [-0.2, 0) is 11.3 Å². The topological polar surface area (TPSA) is 52.6 Å². The largest absolute Gasteiger partial charge is 0.506 e. The molecular formula is C14H19BrN2O2. The maximum Gasteiger partial charge on any atom is 0.223 e. The molecule has 1 aromatic carbocycles. The van der Waals surface area contributed by atoms with E-state index in [2.05, 4.69) is 21.2 Å². The van der Waals surface area contributed by atoms with E-state index >= 15 is 0 Å². The molecule has 5 heteroatoms. The standard InChI is InChI=1S/C14H19BrN2O2/c15-12-5-3-4-11(14(12)19)10-16-7-6-13(18)17-8-1-2-9-17/h3-5,16,19H,1-2,6-10H2. The number of amides is 1. The molecule has 0 aliphatic carbocycles. The van der Waals surface area contributed by atoms with E-state index in [1.807, 2.05) is 17.0 Å². The van der Waals surface area contributed by atoms with Crippen molar-refractivity contribution in [1.29, 1.82) is 0 Å². The number of hydrogen-bond acceptors (Lipinski definition) is 3. The molecule has 0 spiro atoms. The number of phenolic OH excluding ortho intramolecular Hbond substituents is 1. The lowest BCUT2D eigenvalue weighted by Crippen LogP contribution is -2.30. The molecule has 1 saturated heterocycles. The van der Waals surface area contributed by atoms with E-state index in [0.717, 1.165) is 31.5 Å². The Morgan fingerprint density at radius 2 is 2.11 bits per heavy atom. The van der Waals surface area contributed by atoms with Crippen molar-refractivity contribution in [3.05, 3.63) is 28.2 Å². The van der Waals surface area contributed by atoms with Gasteiger partial charge in [0.05, 0.1) is 4.47 Å². The number of rotatable bonds is 5. The second-order valence-corrected chi connectivity index (χ2v) is 5.62. The molecule has 0 unspecified atom stereocenters. The van der Waals surface area contributed by atoms with Crippen LogP contribution >= 0.6 is 15.9 Å². The molecule has 2 N–H and O–H groups in total. The molecule has 0 bridgehead atoms. The summed E-state index contributed by atoms with van der Waals surface area (Å²) in [6.45, 7) is 3.02. The van der Waals surface area contributed by atoms with Crippen molar-refractivity contribution < 1.29 is 9.90 Å². The second-order valence-electron chi connectivity index (χ2n) is 4.76. The normalized spacial score (nSPS) is 14.9. The van der Waals surface area contributed by atoms with E-state index in [1.54, 1.807) is 6.07 Å². The van der Waals surface area contributed by atoms with Crippen molar-refractivity contribution in [2.45, 2.75) is 25.8 Å². The molecule has 1 amide bonds. The van der Waals surface area contributed by atoms with Gasteiger partial charge >= 0.3 is 0 Å². The van der Waals surface area contributed by atoms with Crippen LogP contribution in [0.25, 0.3) is 0 Å². The lowest BCUT2D eigenvalue weighted by atomic mass is 10.2. The van der Waals surface area contributed by atoms with E-state index in [9.17, 15) is 9.90 Å². The first-order chi connectivity index (χ1) is 9.18. The smallest absolute Gasteiger partial charge is 0.223 e. The van der Waals surface area contributed by atoms with Crippen LogP contribution in [0.2, 0.25) is 0 Å². The van der Waals surface area contributed by atoms with Gasteiger partial charge in [-0.25, -0.2) is 0 Å². The fourth-order valence-corrected chi connectivity index (χ4v) is 2.65. The summed E-state index contributed by atoms with van der Waals surface area (Å²) in [5, 5.41) is 13.0. The summed E-state index contributed by atoms with van der Waals surface area (Å²) in [4.78, 5) is 13.7. The summed E-state index contributed by atoms with van der Waals surface area (Å²) in [5.74, 6) is 0.490. The molecule has 19 heavy (non-hydrogen) atoms. The monoisotopic (exact) mass is 326 g/mol. The Morgan fingerprint density at radius 3 is 2.84 bits per heavy atom. The fraction of sp³-hybridized carbons (Fsp3) is 0.500. The van der Waals surface area contributed by atoms with Crippen molar-refractivity contribution >= 4 is 21.8 Å². The molecule has 0 aromatic heterocycles. The number of halogens is 1. The Morgan fingerprint density at radius 1 is 1.37 bits per heavy atom. The van der Waals surface area contributed by atoms with Crippen LogP contribution in [0.3, 0.4) is 0 Å². The average Bonchev–Trinajstić information content (AvgIpc) is 2.93. The third kappa shape index (κ3) is 3.94. The van der Waals surface area contributed by atoms with Gasteiger partial charge < -0.3 is 15.3 Å². The fourth-order valence-electron chi connectivity index (χ4n) is 2.25. The Hall–Kier alpha value is -1.07. The SMILES string of the molecule is O=C(CCNCc1cccc(Br)c1O)N1CCCC1. The molecule has 1 aromatic rings. The zero-order chi connectivity index (χ0) is 13.7. The molecule has 0 saturated carbocycles. The Kier molecular flexibility index (Phi) is 5.22. The lowest BCUT2D eigenvalue weighted by molar-refractivity contribution is -0.130. The van der Waals surface area contributed by atoms with Crippen LogP contribution in [0.4, 0.5) is 0 Å². The summed E-state index contributed by atoms with van der Waals surface area (Å²) >= 11 is 3.28. The van der Waals surface area contributed by atoms with Crippen molar-refractivity contribution in [1.82, 2.24) is 10.2 Å². The van der Waals surface area contributed by atoms with Crippen LogP contribution in [0.1, 0.15) is 24.8 Å². The van der Waals surface area contributed by atoms with Gasteiger partial charge in [0.2, 0.25) is 5.91 Å². The zero-order valence-corrected chi connectivity index (χ0v) is 12.4. The number of aromatic hydroxyl groups is 1. The minimum atomic E-state index is 0.225.